The van der Waals surface area contributed by atoms with Gasteiger partial charge in [0.05, 0.1) is 5.75 Å². The van der Waals surface area contributed by atoms with Crippen LogP contribution in [0.4, 0.5) is 5.13 Å². The van der Waals surface area contributed by atoms with Crippen molar-refractivity contribution in [3.8, 4) is 0 Å². The Bertz CT molecular complexity index is 1100. The average molecular weight is 431 g/mol. The number of carbonyl (C=O) groups is 2. The number of amides is 2. The van der Waals surface area contributed by atoms with Gasteiger partial charge in [-0.25, -0.2) is 4.79 Å². The van der Waals surface area contributed by atoms with Gasteiger partial charge >= 0.3 is 5.63 Å². The van der Waals surface area contributed by atoms with Crippen LogP contribution in [0.1, 0.15) is 29.6 Å². The maximum absolute atomic E-state index is 12.5. The number of para-hydroxylation sites is 1. The second kappa shape index (κ2) is 8.75. The lowest BCUT2D eigenvalue weighted by molar-refractivity contribution is -0.129. The summed E-state index contributed by atoms with van der Waals surface area (Å²) in [5.74, 6) is -0.234. The first-order valence-corrected chi connectivity index (χ1v) is 11.0. The van der Waals surface area contributed by atoms with Gasteiger partial charge in [-0.1, -0.05) is 41.3 Å². The minimum Gasteiger partial charge on any atom is -0.422 e. The van der Waals surface area contributed by atoms with Crippen molar-refractivity contribution in [1.29, 1.82) is 0 Å². The van der Waals surface area contributed by atoms with Crippen LogP contribution in [0, 0.1) is 0 Å². The monoisotopic (exact) mass is 430 g/mol. The lowest BCUT2D eigenvalue weighted by Gasteiger charge is -2.26. The van der Waals surface area contributed by atoms with Gasteiger partial charge in [0.15, 0.2) is 4.34 Å². The molecule has 10 heteroatoms. The van der Waals surface area contributed by atoms with Crippen molar-refractivity contribution in [2.45, 2.75) is 23.6 Å². The summed E-state index contributed by atoms with van der Waals surface area (Å²) in [6.07, 6.45) is 3.27. The number of benzene rings is 1. The van der Waals surface area contributed by atoms with Gasteiger partial charge < -0.3 is 9.32 Å². The molecule has 0 atom stereocenters. The smallest absolute Gasteiger partial charge is 0.349 e. The Morgan fingerprint density at radius 1 is 1.17 bits per heavy atom. The maximum atomic E-state index is 12.5. The third-order valence-corrected chi connectivity index (χ3v) is 6.50. The summed E-state index contributed by atoms with van der Waals surface area (Å²) in [4.78, 5) is 38.7. The Hall–Kier alpha value is -2.72. The van der Waals surface area contributed by atoms with E-state index in [0.717, 1.165) is 37.3 Å². The Labute approximate surface area is 174 Å². The van der Waals surface area contributed by atoms with Crippen molar-refractivity contribution in [2.75, 3.05) is 24.2 Å². The number of fused-ring (bicyclic) bond motifs is 1. The normalized spacial score (nSPS) is 14.1. The second-order valence-electron chi connectivity index (χ2n) is 6.54. The first kappa shape index (κ1) is 19.6. The largest absolute Gasteiger partial charge is 0.422 e. The van der Waals surface area contributed by atoms with Crippen LogP contribution in [0.2, 0.25) is 0 Å². The van der Waals surface area contributed by atoms with Crippen molar-refractivity contribution in [3.05, 3.63) is 46.3 Å². The van der Waals surface area contributed by atoms with Crippen LogP contribution in [0.25, 0.3) is 11.0 Å². The van der Waals surface area contributed by atoms with E-state index < -0.39 is 11.5 Å². The third-order valence-electron chi connectivity index (χ3n) is 4.54. The second-order valence-corrected chi connectivity index (χ2v) is 8.74. The van der Waals surface area contributed by atoms with Crippen molar-refractivity contribution in [2.24, 2.45) is 0 Å². The fraction of sp³-hybridized carbons (Fsp3) is 0.316. The Morgan fingerprint density at radius 3 is 2.79 bits per heavy atom. The number of likely N-dealkylation sites (tertiary alicyclic amines) is 1. The molecule has 1 aliphatic rings. The SMILES string of the molecule is O=C(Nc1nnc(SCC(=O)N2CCCCC2)s1)c1cc2ccccc2oc1=O. The van der Waals surface area contributed by atoms with Gasteiger partial charge in [-0.2, -0.15) is 0 Å². The number of rotatable bonds is 5. The molecule has 3 aromatic rings. The minimum atomic E-state index is -0.715. The maximum Gasteiger partial charge on any atom is 0.349 e. The molecule has 4 rings (SSSR count). The van der Waals surface area contributed by atoms with Gasteiger partial charge in [0, 0.05) is 18.5 Å². The van der Waals surface area contributed by atoms with Crippen LogP contribution in [-0.2, 0) is 4.79 Å². The molecular weight excluding hydrogens is 412 g/mol. The zero-order valence-corrected chi connectivity index (χ0v) is 17.1. The van der Waals surface area contributed by atoms with Gasteiger partial charge in [0.25, 0.3) is 5.91 Å². The van der Waals surface area contributed by atoms with Crippen LogP contribution in [0.15, 0.2) is 43.9 Å². The number of hydrogen-bond acceptors (Lipinski definition) is 8. The van der Waals surface area contributed by atoms with Gasteiger partial charge in [-0.15, -0.1) is 10.2 Å². The van der Waals surface area contributed by atoms with E-state index in [4.69, 9.17) is 4.42 Å². The average Bonchev–Trinajstić information content (AvgIpc) is 3.19. The van der Waals surface area contributed by atoms with Crippen molar-refractivity contribution < 1.29 is 14.0 Å². The molecule has 1 fully saturated rings. The molecule has 0 bridgehead atoms. The highest BCUT2D eigenvalue weighted by molar-refractivity contribution is 8.01. The molecule has 0 radical (unpaired) electrons. The van der Waals surface area contributed by atoms with E-state index >= 15 is 0 Å². The topological polar surface area (TPSA) is 105 Å². The van der Waals surface area contributed by atoms with Gasteiger partial charge in [-0.3, -0.25) is 14.9 Å². The summed E-state index contributed by atoms with van der Waals surface area (Å²) in [5, 5.41) is 11.4. The zero-order valence-electron chi connectivity index (χ0n) is 15.4. The molecule has 1 aliphatic heterocycles. The molecule has 3 heterocycles. The molecule has 8 nitrogen and oxygen atoms in total. The lowest BCUT2D eigenvalue weighted by Crippen LogP contribution is -2.36. The number of carbonyl (C=O) groups excluding carboxylic acids is 2. The standard InChI is InChI=1S/C19H18N4O4S2/c24-15(23-8-4-1-5-9-23)11-28-19-22-21-18(29-19)20-16(25)13-10-12-6-2-3-7-14(12)27-17(13)26/h2-3,6-7,10H,1,4-5,8-9,11H2,(H,20,21,25). The molecule has 150 valence electrons. The van der Waals surface area contributed by atoms with Crippen LogP contribution < -0.4 is 10.9 Å². The highest BCUT2D eigenvalue weighted by Crippen LogP contribution is 2.26. The van der Waals surface area contributed by atoms with E-state index in [9.17, 15) is 14.4 Å². The summed E-state index contributed by atoms with van der Waals surface area (Å²) in [6, 6.07) is 8.46. The van der Waals surface area contributed by atoms with E-state index in [0.29, 0.717) is 15.3 Å². The predicted molar refractivity (Wildman–Crippen MR) is 112 cm³/mol. The Kier molecular flexibility index (Phi) is 5.91. The minimum absolute atomic E-state index is 0.0873. The first-order valence-electron chi connectivity index (χ1n) is 9.18. The van der Waals surface area contributed by atoms with E-state index in [1.165, 1.54) is 24.2 Å². The summed E-state index contributed by atoms with van der Waals surface area (Å²) in [7, 11) is 0. The van der Waals surface area contributed by atoms with Crippen LogP contribution >= 0.6 is 23.1 Å². The summed E-state index contributed by atoms with van der Waals surface area (Å²) >= 11 is 2.45. The number of nitrogens with one attached hydrogen (secondary N) is 1. The number of hydrogen-bond donors (Lipinski definition) is 1. The molecular formula is C19H18N4O4S2. The van der Waals surface area contributed by atoms with E-state index in [1.807, 2.05) is 4.90 Å². The van der Waals surface area contributed by atoms with Gasteiger partial charge in [0.2, 0.25) is 11.0 Å². The predicted octanol–water partition coefficient (Wildman–Crippen LogP) is 3.00. The van der Waals surface area contributed by atoms with Gasteiger partial charge in [0.1, 0.15) is 11.1 Å². The van der Waals surface area contributed by atoms with Crippen molar-refractivity contribution in [1.82, 2.24) is 15.1 Å². The fourth-order valence-electron chi connectivity index (χ4n) is 3.06. The number of aromatic nitrogens is 2. The van der Waals surface area contributed by atoms with Crippen LogP contribution in [-0.4, -0.2) is 45.8 Å². The highest BCUT2D eigenvalue weighted by atomic mass is 32.2. The molecule has 1 aromatic carbocycles. The summed E-state index contributed by atoms with van der Waals surface area (Å²) in [6.45, 7) is 1.62. The summed E-state index contributed by atoms with van der Waals surface area (Å²) < 4.78 is 5.76. The third kappa shape index (κ3) is 4.65. The fourth-order valence-corrected chi connectivity index (χ4v) is 4.71. The van der Waals surface area contributed by atoms with Crippen molar-refractivity contribution in [3.63, 3.8) is 0 Å². The van der Waals surface area contributed by atoms with Crippen LogP contribution in [0.3, 0.4) is 0 Å². The van der Waals surface area contributed by atoms with Gasteiger partial charge in [-0.05, 0) is 31.4 Å². The number of thioether (sulfide) groups is 1. The molecule has 2 aromatic heterocycles. The molecule has 29 heavy (non-hydrogen) atoms. The zero-order chi connectivity index (χ0) is 20.2. The van der Waals surface area contributed by atoms with E-state index in [2.05, 4.69) is 15.5 Å². The van der Waals surface area contributed by atoms with E-state index in [-0.39, 0.29) is 22.4 Å². The van der Waals surface area contributed by atoms with Crippen molar-refractivity contribution >= 4 is 51.0 Å². The molecule has 0 unspecified atom stereocenters. The Morgan fingerprint density at radius 2 is 1.97 bits per heavy atom. The number of nitrogens with zero attached hydrogens (tertiary/aromatic N) is 3. The number of piperidine rings is 1. The highest BCUT2D eigenvalue weighted by Gasteiger charge is 2.19. The molecule has 0 aliphatic carbocycles. The first-order chi connectivity index (χ1) is 14.1. The lowest BCUT2D eigenvalue weighted by atomic mass is 10.1. The quantitative estimate of drug-likeness (QED) is 0.377. The Balaban J connectivity index is 1.38. The molecule has 0 spiro atoms. The van der Waals surface area contributed by atoms with Crippen LogP contribution in [0.5, 0.6) is 0 Å². The molecule has 1 saturated heterocycles. The molecule has 2 amide bonds. The molecule has 0 saturated carbocycles. The molecule has 1 N–H and O–H groups in total. The van der Waals surface area contributed by atoms with E-state index in [1.54, 1.807) is 24.3 Å². The summed E-state index contributed by atoms with van der Waals surface area (Å²) in [5.41, 5.74) is -0.400. The number of anilines is 1.